The summed E-state index contributed by atoms with van der Waals surface area (Å²) in [5, 5.41) is 2.82. The van der Waals surface area contributed by atoms with Gasteiger partial charge in [-0.2, -0.15) is 0 Å². The number of halogens is 1. The molecular weight excluding hydrogens is 404 g/mol. The molecule has 0 aliphatic heterocycles. The average Bonchev–Trinajstić information content (AvgIpc) is 2.69. The first-order valence-corrected chi connectivity index (χ1v) is 9.31. The molecule has 27 heavy (non-hydrogen) atoms. The van der Waals surface area contributed by atoms with Gasteiger partial charge in [0.25, 0.3) is 5.91 Å². The molecule has 5 heteroatoms. The molecular formula is C22H19BrN2O2. The van der Waals surface area contributed by atoms with E-state index in [2.05, 4.69) is 21.2 Å². The summed E-state index contributed by atoms with van der Waals surface area (Å²) in [6.07, 6.45) is 0. The van der Waals surface area contributed by atoms with E-state index in [1.165, 1.54) is 0 Å². The summed E-state index contributed by atoms with van der Waals surface area (Å²) in [4.78, 5) is 25.1. The van der Waals surface area contributed by atoms with Crippen molar-refractivity contribution in [2.24, 2.45) is 5.73 Å². The number of nitrogens with two attached hydrogens (primary N) is 1. The maximum absolute atomic E-state index is 12.7. The number of hydrogen-bond donors (Lipinski definition) is 2. The maximum atomic E-state index is 12.7. The molecule has 3 rings (SSSR count). The normalized spacial score (nSPS) is 11.8. The van der Waals surface area contributed by atoms with Gasteiger partial charge in [-0.1, -0.05) is 82.7 Å². The molecule has 0 aromatic heterocycles. The molecule has 0 spiro atoms. The van der Waals surface area contributed by atoms with Crippen molar-refractivity contribution in [3.05, 3.63) is 106 Å². The van der Waals surface area contributed by atoms with Crippen molar-refractivity contribution in [3.63, 3.8) is 0 Å². The lowest BCUT2D eigenvalue weighted by Gasteiger charge is -2.27. The Morgan fingerprint density at radius 3 is 1.85 bits per heavy atom. The van der Waals surface area contributed by atoms with Crippen molar-refractivity contribution in [2.45, 2.75) is 12.0 Å². The van der Waals surface area contributed by atoms with E-state index < -0.39 is 11.9 Å². The molecule has 3 N–H and O–H groups in total. The largest absolute Gasteiger partial charge is 0.368 e. The van der Waals surface area contributed by atoms with Crippen LogP contribution in [0.4, 0.5) is 0 Å². The summed E-state index contributed by atoms with van der Waals surface area (Å²) < 4.78 is 0.786. The summed E-state index contributed by atoms with van der Waals surface area (Å²) in [6, 6.07) is 25.2. The van der Waals surface area contributed by atoms with Gasteiger partial charge >= 0.3 is 0 Å². The van der Waals surface area contributed by atoms with Crippen LogP contribution >= 0.6 is 15.9 Å². The molecule has 0 aliphatic carbocycles. The minimum Gasteiger partial charge on any atom is -0.368 e. The van der Waals surface area contributed by atoms with Gasteiger partial charge in [-0.05, 0) is 29.3 Å². The highest BCUT2D eigenvalue weighted by Gasteiger charge is 2.31. The second-order valence-corrected chi connectivity index (χ2v) is 7.08. The third-order valence-electron chi connectivity index (χ3n) is 4.33. The van der Waals surface area contributed by atoms with Crippen LogP contribution in [0.25, 0.3) is 0 Å². The molecule has 3 aromatic carbocycles. The molecule has 136 valence electrons. The standard InChI is InChI=1S/C22H19BrN2O2/c23-18-13-7-12-17(14-18)22(27)25-20(21(24)26)19(15-8-3-1-4-9-15)16-10-5-2-6-11-16/h1-14,19-20H,(H2,24,26)(H,25,27)/t20-/m1/s1. The van der Waals surface area contributed by atoms with Crippen molar-refractivity contribution < 1.29 is 9.59 Å². The molecule has 0 bridgehead atoms. The third-order valence-corrected chi connectivity index (χ3v) is 4.82. The monoisotopic (exact) mass is 422 g/mol. The van der Waals surface area contributed by atoms with E-state index >= 15 is 0 Å². The number of benzene rings is 3. The molecule has 1 atom stereocenters. The fraction of sp³-hybridized carbons (Fsp3) is 0.0909. The average molecular weight is 423 g/mol. The second-order valence-electron chi connectivity index (χ2n) is 6.16. The molecule has 0 radical (unpaired) electrons. The van der Waals surface area contributed by atoms with Crippen LogP contribution in [0.3, 0.4) is 0 Å². The topological polar surface area (TPSA) is 72.2 Å². The van der Waals surface area contributed by atoms with Crippen LogP contribution in [-0.4, -0.2) is 17.9 Å². The maximum Gasteiger partial charge on any atom is 0.251 e. The van der Waals surface area contributed by atoms with E-state index in [0.717, 1.165) is 15.6 Å². The van der Waals surface area contributed by atoms with Gasteiger partial charge in [-0.15, -0.1) is 0 Å². The van der Waals surface area contributed by atoms with E-state index in [-0.39, 0.29) is 11.8 Å². The lowest BCUT2D eigenvalue weighted by molar-refractivity contribution is -0.120. The van der Waals surface area contributed by atoms with Crippen LogP contribution in [0.5, 0.6) is 0 Å². The highest BCUT2D eigenvalue weighted by molar-refractivity contribution is 9.10. The lowest BCUT2D eigenvalue weighted by atomic mass is 9.84. The molecule has 0 aliphatic rings. The van der Waals surface area contributed by atoms with E-state index in [1.807, 2.05) is 66.7 Å². The Morgan fingerprint density at radius 2 is 1.37 bits per heavy atom. The van der Waals surface area contributed by atoms with E-state index in [0.29, 0.717) is 5.56 Å². The number of nitrogens with one attached hydrogen (secondary N) is 1. The Kier molecular flexibility index (Phi) is 6.04. The van der Waals surface area contributed by atoms with E-state index in [1.54, 1.807) is 18.2 Å². The minimum absolute atomic E-state index is 0.350. The highest BCUT2D eigenvalue weighted by Crippen LogP contribution is 2.28. The zero-order valence-corrected chi connectivity index (χ0v) is 16.1. The number of rotatable bonds is 6. The van der Waals surface area contributed by atoms with Gasteiger partial charge in [-0.3, -0.25) is 9.59 Å². The molecule has 3 aromatic rings. The summed E-state index contributed by atoms with van der Waals surface area (Å²) >= 11 is 3.36. The van der Waals surface area contributed by atoms with Crippen molar-refractivity contribution in [1.29, 1.82) is 0 Å². The predicted octanol–water partition coefficient (Wildman–Crippen LogP) is 3.86. The highest BCUT2D eigenvalue weighted by atomic mass is 79.9. The number of carbonyl (C=O) groups excluding carboxylic acids is 2. The molecule has 4 nitrogen and oxygen atoms in total. The summed E-state index contributed by atoms with van der Waals surface area (Å²) in [5.74, 6) is -1.32. The van der Waals surface area contributed by atoms with Crippen LogP contribution < -0.4 is 11.1 Å². The van der Waals surface area contributed by atoms with Crippen LogP contribution in [0.1, 0.15) is 27.4 Å². The Hall–Kier alpha value is -2.92. The van der Waals surface area contributed by atoms with Gasteiger partial charge in [0.05, 0.1) is 0 Å². The Labute approximate surface area is 166 Å². The first-order chi connectivity index (χ1) is 13.1. The number of hydrogen-bond acceptors (Lipinski definition) is 2. The first-order valence-electron chi connectivity index (χ1n) is 8.52. The van der Waals surface area contributed by atoms with Gasteiger partial charge in [0.2, 0.25) is 5.91 Å². The van der Waals surface area contributed by atoms with Gasteiger partial charge in [0.15, 0.2) is 0 Å². The van der Waals surface area contributed by atoms with Gasteiger partial charge < -0.3 is 11.1 Å². The van der Waals surface area contributed by atoms with Crippen LogP contribution in [-0.2, 0) is 4.79 Å². The van der Waals surface area contributed by atoms with Crippen molar-refractivity contribution in [2.75, 3.05) is 0 Å². The molecule has 0 heterocycles. The smallest absolute Gasteiger partial charge is 0.251 e. The quantitative estimate of drug-likeness (QED) is 0.632. The molecule has 0 saturated heterocycles. The van der Waals surface area contributed by atoms with Gasteiger partial charge in [0, 0.05) is 16.0 Å². The van der Waals surface area contributed by atoms with Crippen molar-refractivity contribution in [1.82, 2.24) is 5.32 Å². The third kappa shape index (κ3) is 4.63. The number of carbonyl (C=O) groups is 2. The molecule has 2 amide bonds. The molecule has 0 unspecified atom stereocenters. The van der Waals surface area contributed by atoms with E-state index in [9.17, 15) is 9.59 Å². The van der Waals surface area contributed by atoms with E-state index in [4.69, 9.17) is 5.73 Å². The van der Waals surface area contributed by atoms with Crippen molar-refractivity contribution >= 4 is 27.7 Å². The predicted molar refractivity (Wildman–Crippen MR) is 109 cm³/mol. The van der Waals surface area contributed by atoms with Crippen LogP contribution in [0.15, 0.2) is 89.4 Å². The fourth-order valence-electron chi connectivity index (χ4n) is 3.07. The SMILES string of the molecule is NC(=O)[C@H](NC(=O)c1cccc(Br)c1)C(c1ccccc1)c1ccccc1. The number of primary amides is 1. The van der Waals surface area contributed by atoms with Gasteiger partial charge in [-0.25, -0.2) is 0 Å². The van der Waals surface area contributed by atoms with Gasteiger partial charge in [0.1, 0.15) is 6.04 Å². The Bertz CT molecular complexity index is 890. The summed E-state index contributed by atoms with van der Waals surface area (Å²) in [5.41, 5.74) is 7.97. The summed E-state index contributed by atoms with van der Waals surface area (Å²) in [6.45, 7) is 0. The first kappa shape index (κ1) is 18.9. The van der Waals surface area contributed by atoms with Crippen LogP contribution in [0, 0.1) is 0 Å². The second kappa shape index (κ2) is 8.64. The minimum atomic E-state index is -0.888. The molecule has 0 fully saturated rings. The van der Waals surface area contributed by atoms with Crippen molar-refractivity contribution in [3.8, 4) is 0 Å². The number of amides is 2. The van der Waals surface area contributed by atoms with Crippen LogP contribution in [0.2, 0.25) is 0 Å². The lowest BCUT2D eigenvalue weighted by Crippen LogP contribution is -2.48. The molecule has 0 saturated carbocycles. The Morgan fingerprint density at radius 1 is 0.815 bits per heavy atom. The zero-order valence-electron chi connectivity index (χ0n) is 14.5. The fourth-order valence-corrected chi connectivity index (χ4v) is 3.47. The Balaban J connectivity index is 1.99. The zero-order chi connectivity index (χ0) is 19.2. The summed E-state index contributed by atoms with van der Waals surface area (Å²) in [7, 11) is 0.